The number of piperazine rings is 1. The number of carbonyl (C=O) groups excluding carboxylic acids is 1. The highest BCUT2D eigenvalue weighted by molar-refractivity contribution is 5.97. The average molecular weight is 479 g/mol. The van der Waals surface area contributed by atoms with Gasteiger partial charge in [0.2, 0.25) is 5.96 Å². The molecule has 3 heterocycles. The molecule has 9 nitrogen and oxygen atoms in total. The minimum Gasteiger partial charge on any atom is -0.350 e. The first kappa shape index (κ1) is 26.5. The first-order valence-corrected chi connectivity index (χ1v) is 12.1. The van der Waals surface area contributed by atoms with Crippen molar-refractivity contribution >= 4 is 30.0 Å². The number of amidine groups is 1. The van der Waals surface area contributed by atoms with E-state index in [-0.39, 0.29) is 11.8 Å². The summed E-state index contributed by atoms with van der Waals surface area (Å²) < 4.78 is 0. The SMILES string of the molecule is C=NC1=NC(=C)/C(C)=C/NC(C)=NCCCNCN2CCN(Cc3cccc(c3)N1)CC2C(C)=O. The summed E-state index contributed by atoms with van der Waals surface area (Å²) >= 11 is 0. The summed E-state index contributed by atoms with van der Waals surface area (Å²) in [6.07, 6.45) is 2.76. The number of guanidine groups is 1. The second-order valence-electron chi connectivity index (χ2n) is 8.99. The zero-order valence-electron chi connectivity index (χ0n) is 21.2. The molecule has 1 saturated heterocycles. The van der Waals surface area contributed by atoms with Crippen molar-refractivity contribution in [2.75, 3.05) is 44.7 Å². The number of Topliss-reactive ketones (excluding diaryl/α,β-unsaturated/α-hetero) is 1. The third-order valence-electron chi connectivity index (χ3n) is 6.15. The molecule has 0 aromatic heterocycles. The number of fused-ring (bicyclic) bond motifs is 12. The first-order chi connectivity index (χ1) is 16.9. The molecule has 9 heteroatoms. The molecule has 4 rings (SSSR count). The van der Waals surface area contributed by atoms with E-state index in [1.54, 1.807) is 6.92 Å². The number of aliphatic imine (C=N–C) groups is 3. The monoisotopic (exact) mass is 478 g/mol. The third kappa shape index (κ3) is 8.24. The molecule has 3 N–H and O–H groups in total. The molecule has 188 valence electrons. The Bertz CT molecular complexity index is 1010. The van der Waals surface area contributed by atoms with Crippen LogP contribution in [-0.2, 0) is 11.3 Å². The van der Waals surface area contributed by atoms with Crippen molar-refractivity contribution in [1.82, 2.24) is 20.4 Å². The minimum absolute atomic E-state index is 0.107. The third-order valence-corrected chi connectivity index (χ3v) is 6.15. The van der Waals surface area contributed by atoms with Crippen LogP contribution in [0.15, 0.2) is 63.3 Å². The topological polar surface area (TPSA) is 96.7 Å². The largest absolute Gasteiger partial charge is 0.350 e. The molecular formula is C26H38N8O. The van der Waals surface area contributed by atoms with Gasteiger partial charge in [0.1, 0.15) is 5.78 Å². The molecule has 1 fully saturated rings. The van der Waals surface area contributed by atoms with Gasteiger partial charge in [-0.05, 0) is 63.7 Å². The molecule has 35 heavy (non-hydrogen) atoms. The highest BCUT2D eigenvalue weighted by Crippen LogP contribution is 2.17. The lowest BCUT2D eigenvalue weighted by Crippen LogP contribution is -2.57. The number of carbonyl (C=O) groups is 1. The average Bonchev–Trinajstić information content (AvgIpc) is 2.84. The molecule has 4 bridgehead atoms. The summed E-state index contributed by atoms with van der Waals surface area (Å²) in [6, 6.07) is 8.05. The Balaban J connectivity index is 1.83. The van der Waals surface area contributed by atoms with Gasteiger partial charge in [0.05, 0.1) is 17.6 Å². The van der Waals surface area contributed by atoms with E-state index in [9.17, 15) is 4.79 Å². The standard InChI is InChI=1S/C26H38N8O/c1-19-15-30-22(4)29-11-7-10-28-18-34-13-12-33(17-25(34)21(3)35)16-23-8-6-9-24(14-23)32-26(27-5)31-20(19)2/h6,8-9,14-15,25,28H,2,5,7,10-13,16-18H2,1,3-4H3,(H,29,30)(H,31,32)/b19-15+. The Kier molecular flexibility index (Phi) is 9.89. The summed E-state index contributed by atoms with van der Waals surface area (Å²) in [5, 5.41) is 9.91. The molecule has 3 unspecified atom stereocenters. The Morgan fingerprint density at radius 3 is 2.86 bits per heavy atom. The molecule has 0 aliphatic carbocycles. The Hall–Kier alpha value is -3.14. The van der Waals surface area contributed by atoms with Crippen molar-refractivity contribution < 1.29 is 4.79 Å². The van der Waals surface area contributed by atoms with E-state index >= 15 is 0 Å². The predicted molar refractivity (Wildman–Crippen MR) is 145 cm³/mol. The van der Waals surface area contributed by atoms with E-state index in [0.29, 0.717) is 24.9 Å². The van der Waals surface area contributed by atoms with Gasteiger partial charge in [0, 0.05) is 51.3 Å². The van der Waals surface area contributed by atoms with E-state index in [4.69, 9.17) is 0 Å². The smallest absolute Gasteiger partial charge is 0.227 e. The van der Waals surface area contributed by atoms with Gasteiger partial charge in [-0.15, -0.1) is 0 Å². The van der Waals surface area contributed by atoms with Crippen LogP contribution in [0.1, 0.15) is 32.8 Å². The summed E-state index contributed by atoms with van der Waals surface area (Å²) in [5.41, 5.74) is 3.48. The van der Waals surface area contributed by atoms with Gasteiger partial charge in [-0.25, -0.2) is 9.98 Å². The van der Waals surface area contributed by atoms with Crippen LogP contribution in [0.4, 0.5) is 5.69 Å². The van der Waals surface area contributed by atoms with Crippen LogP contribution in [-0.4, -0.2) is 79.5 Å². The molecule has 0 amide bonds. The number of rotatable bonds is 1. The van der Waals surface area contributed by atoms with Gasteiger partial charge in [-0.3, -0.25) is 19.6 Å². The van der Waals surface area contributed by atoms with Crippen LogP contribution in [0.5, 0.6) is 0 Å². The lowest BCUT2D eigenvalue weighted by atomic mass is 10.1. The second kappa shape index (κ2) is 13.1. The van der Waals surface area contributed by atoms with Crippen LogP contribution < -0.4 is 16.0 Å². The molecule has 1 aromatic rings. The molecule has 3 atom stereocenters. The van der Waals surface area contributed by atoms with E-state index in [1.807, 2.05) is 32.2 Å². The van der Waals surface area contributed by atoms with Crippen molar-refractivity contribution in [1.29, 1.82) is 0 Å². The number of hydrogen-bond donors (Lipinski definition) is 3. The van der Waals surface area contributed by atoms with Gasteiger partial charge >= 0.3 is 0 Å². The van der Waals surface area contributed by atoms with Crippen LogP contribution in [0.3, 0.4) is 0 Å². The number of benzene rings is 1. The molecule has 0 radical (unpaired) electrons. The van der Waals surface area contributed by atoms with Crippen LogP contribution in [0.25, 0.3) is 0 Å². The maximum absolute atomic E-state index is 12.4. The first-order valence-electron chi connectivity index (χ1n) is 12.1. The van der Waals surface area contributed by atoms with Crippen molar-refractivity contribution in [2.24, 2.45) is 15.0 Å². The zero-order valence-corrected chi connectivity index (χ0v) is 21.2. The van der Waals surface area contributed by atoms with Crippen molar-refractivity contribution in [2.45, 2.75) is 39.8 Å². The fourth-order valence-corrected chi connectivity index (χ4v) is 4.06. The van der Waals surface area contributed by atoms with Crippen molar-refractivity contribution in [3.8, 4) is 0 Å². The quantitative estimate of drug-likeness (QED) is 0.537. The molecule has 0 spiro atoms. The van der Waals surface area contributed by atoms with E-state index < -0.39 is 0 Å². The minimum atomic E-state index is -0.107. The Labute approximate surface area is 208 Å². The number of allylic oxidation sites excluding steroid dienone is 1. The summed E-state index contributed by atoms with van der Waals surface area (Å²) in [4.78, 5) is 30.1. The predicted octanol–water partition coefficient (Wildman–Crippen LogP) is 2.61. The van der Waals surface area contributed by atoms with Crippen LogP contribution in [0, 0.1) is 0 Å². The lowest BCUT2D eigenvalue weighted by molar-refractivity contribution is -0.124. The van der Waals surface area contributed by atoms with Gasteiger partial charge in [0.25, 0.3) is 0 Å². The summed E-state index contributed by atoms with van der Waals surface area (Å²) in [5.74, 6) is 1.41. The number of nitrogens with one attached hydrogen (secondary N) is 3. The lowest BCUT2D eigenvalue weighted by Gasteiger charge is -2.40. The highest BCUT2D eigenvalue weighted by atomic mass is 16.1. The molecule has 0 saturated carbocycles. The molecule has 3 aliphatic rings. The van der Waals surface area contributed by atoms with Gasteiger partial charge < -0.3 is 16.0 Å². The number of nitrogens with zero attached hydrogens (tertiary/aromatic N) is 5. The van der Waals surface area contributed by atoms with E-state index in [2.05, 4.69) is 66.2 Å². The summed E-state index contributed by atoms with van der Waals surface area (Å²) in [7, 11) is 0. The highest BCUT2D eigenvalue weighted by Gasteiger charge is 2.29. The van der Waals surface area contributed by atoms with Gasteiger partial charge in [-0.2, -0.15) is 0 Å². The van der Waals surface area contributed by atoms with Crippen LogP contribution >= 0.6 is 0 Å². The van der Waals surface area contributed by atoms with Crippen LogP contribution in [0.2, 0.25) is 0 Å². The number of hydrogen-bond acceptors (Lipinski definition) is 9. The Morgan fingerprint density at radius 2 is 2.09 bits per heavy atom. The van der Waals surface area contributed by atoms with Crippen molar-refractivity contribution in [3.05, 3.63) is 53.9 Å². The zero-order chi connectivity index (χ0) is 25.2. The second-order valence-corrected chi connectivity index (χ2v) is 8.99. The molecule has 3 aliphatic heterocycles. The van der Waals surface area contributed by atoms with E-state index in [0.717, 1.165) is 61.8 Å². The number of ketones is 1. The fourth-order valence-electron chi connectivity index (χ4n) is 4.06. The van der Waals surface area contributed by atoms with E-state index in [1.165, 1.54) is 0 Å². The molecular weight excluding hydrogens is 440 g/mol. The van der Waals surface area contributed by atoms with Gasteiger partial charge in [-0.1, -0.05) is 18.7 Å². The fraction of sp³-hybridized carbons (Fsp3) is 0.462. The maximum atomic E-state index is 12.4. The maximum Gasteiger partial charge on any atom is 0.227 e. The van der Waals surface area contributed by atoms with Crippen molar-refractivity contribution in [3.63, 3.8) is 0 Å². The summed E-state index contributed by atoms with van der Waals surface area (Å²) in [6.45, 7) is 18.8. The Morgan fingerprint density at radius 1 is 1.26 bits per heavy atom. The van der Waals surface area contributed by atoms with Gasteiger partial charge in [0.15, 0.2) is 0 Å². The molecule has 1 aromatic carbocycles. The number of anilines is 1. The normalized spacial score (nSPS) is 26.4.